The molecule has 0 radical (unpaired) electrons. The summed E-state index contributed by atoms with van der Waals surface area (Å²) in [5.74, 6) is -0.443. The summed E-state index contributed by atoms with van der Waals surface area (Å²) in [6, 6.07) is 2.80. The molecule has 0 aliphatic heterocycles. The van der Waals surface area contributed by atoms with Crippen LogP contribution in [0.25, 0.3) is 0 Å². The summed E-state index contributed by atoms with van der Waals surface area (Å²) in [6.45, 7) is 7.00. The number of likely N-dealkylation sites (N-methyl/N-ethyl adjacent to an activating group) is 1. The number of benzene rings is 1. The molecule has 0 saturated carbocycles. The van der Waals surface area contributed by atoms with Gasteiger partial charge in [0.05, 0.1) is 5.02 Å². The first-order valence-corrected chi connectivity index (χ1v) is 6.96. The van der Waals surface area contributed by atoms with E-state index in [9.17, 15) is 4.39 Å². The lowest BCUT2D eigenvalue weighted by Gasteiger charge is -2.34. The minimum Gasteiger partial charge on any atom is -0.308 e. The summed E-state index contributed by atoms with van der Waals surface area (Å²) in [5, 5.41) is 3.90. The lowest BCUT2D eigenvalue weighted by atomic mass is 10.0. The fourth-order valence-electron chi connectivity index (χ4n) is 1.54. The Balaban J connectivity index is 2.79. The molecule has 0 fully saturated rings. The van der Waals surface area contributed by atoms with Crippen molar-refractivity contribution in [2.75, 3.05) is 20.6 Å². The van der Waals surface area contributed by atoms with Gasteiger partial charge in [0.25, 0.3) is 0 Å². The zero-order valence-electron chi connectivity index (χ0n) is 12.0. The van der Waals surface area contributed by atoms with Crippen LogP contribution in [0.4, 0.5) is 4.39 Å². The molecule has 0 saturated heterocycles. The van der Waals surface area contributed by atoms with Crippen LogP contribution in [0.5, 0.6) is 0 Å². The molecule has 1 rings (SSSR count). The Bertz CT molecular complexity index is 447. The van der Waals surface area contributed by atoms with Gasteiger partial charge < -0.3 is 10.2 Å². The summed E-state index contributed by atoms with van der Waals surface area (Å²) >= 11 is 11.8. The molecule has 19 heavy (non-hydrogen) atoms. The third-order valence-electron chi connectivity index (χ3n) is 3.56. The van der Waals surface area contributed by atoms with Crippen LogP contribution in [-0.4, -0.2) is 31.1 Å². The maximum absolute atomic E-state index is 13.5. The number of hydrogen-bond donors (Lipinski definition) is 1. The highest BCUT2D eigenvalue weighted by atomic mass is 35.5. The molecule has 1 unspecified atom stereocenters. The van der Waals surface area contributed by atoms with Gasteiger partial charge in [-0.15, -0.1) is 0 Å². The third-order valence-corrected chi connectivity index (χ3v) is 4.17. The van der Waals surface area contributed by atoms with Gasteiger partial charge in [-0.05, 0) is 52.6 Å². The van der Waals surface area contributed by atoms with Gasteiger partial charge in [-0.1, -0.05) is 23.2 Å². The molecule has 1 aromatic carbocycles. The van der Waals surface area contributed by atoms with E-state index in [0.29, 0.717) is 5.02 Å². The van der Waals surface area contributed by atoms with Crippen LogP contribution in [-0.2, 0) is 0 Å². The Hall–Kier alpha value is -0.350. The van der Waals surface area contributed by atoms with Gasteiger partial charge in [0, 0.05) is 23.1 Å². The van der Waals surface area contributed by atoms with Crippen molar-refractivity contribution in [3.05, 3.63) is 33.6 Å². The van der Waals surface area contributed by atoms with E-state index in [0.717, 1.165) is 12.1 Å². The average molecular weight is 307 g/mol. The molecular weight excluding hydrogens is 286 g/mol. The second kappa shape index (κ2) is 6.40. The third kappa shape index (κ3) is 4.32. The Morgan fingerprint density at radius 1 is 1.26 bits per heavy atom. The summed E-state index contributed by atoms with van der Waals surface area (Å²) in [6.07, 6.45) is 0. The topological polar surface area (TPSA) is 15.3 Å². The largest absolute Gasteiger partial charge is 0.308 e. The Morgan fingerprint density at radius 3 is 2.37 bits per heavy atom. The number of nitrogens with zero attached hydrogens (tertiary/aromatic N) is 1. The fraction of sp³-hybridized carbons (Fsp3) is 0.571. The molecular formula is C14H21Cl2FN2. The molecule has 0 bridgehead atoms. The van der Waals surface area contributed by atoms with Crippen LogP contribution in [0.2, 0.25) is 10.0 Å². The van der Waals surface area contributed by atoms with Crippen LogP contribution >= 0.6 is 23.2 Å². The van der Waals surface area contributed by atoms with Gasteiger partial charge in [-0.3, -0.25) is 0 Å². The van der Waals surface area contributed by atoms with Crippen LogP contribution in [0.3, 0.4) is 0 Å². The zero-order chi connectivity index (χ0) is 14.8. The maximum atomic E-state index is 13.5. The van der Waals surface area contributed by atoms with E-state index in [1.54, 1.807) is 0 Å². The van der Waals surface area contributed by atoms with Gasteiger partial charge in [0.2, 0.25) is 0 Å². The van der Waals surface area contributed by atoms with Gasteiger partial charge in [-0.25, -0.2) is 4.39 Å². The van der Waals surface area contributed by atoms with Gasteiger partial charge >= 0.3 is 0 Å². The Morgan fingerprint density at radius 2 is 1.84 bits per heavy atom. The van der Waals surface area contributed by atoms with E-state index in [2.05, 4.69) is 24.1 Å². The summed E-state index contributed by atoms with van der Waals surface area (Å²) < 4.78 is 13.5. The fourth-order valence-corrected chi connectivity index (χ4v) is 2.09. The van der Waals surface area contributed by atoms with Crippen molar-refractivity contribution >= 4 is 23.2 Å². The molecule has 0 heterocycles. The van der Waals surface area contributed by atoms with E-state index in [-0.39, 0.29) is 16.6 Å². The average Bonchev–Trinajstić information content (AvgIpc) is 2.30. The molecule has 0 spiro atoms. The van der Waals surface area contributed by atoms with Crippen LogP contribution in [0, 0.1) is 5.82 Å². The molecule has 1 N–H and O–H groups in total. The predicted molar refractivity (Wildman–Crippen MR) is 80.6 cm³/mol. The molecule has 1 atom stereocenters. The van der Waals surface area contributed by atoms with E-state index < -0.39 is 5.82 Å². The van der Waals surface area contributed by atoms with Crippen LogP contribution in [0.1, 0.15) is 32.4 Å². The molecule has 2 nitrogen and oxygen atoms in total. The van der Waals surface area contributed by atoms with Crippen molar-refractivity contribution in [3.8, 4) is 0 Å². The van der Waals surface area contributed by atoms with Crippen molar-refractivity contribution in [2.24, 2.45) is 0 Å². The summed E-state index contributed by atoms with van der Waals surface area (Å²) in [4.78, 5) is 2.14. The van der Waals surface area contributed by atoms with Crippen LogP contribution < -0.4 is 5.32 Å². The predicted octanol–water partition coefficient (Wildman–Crippen LogP) is 4.12. The first kappa shape index (κ1) is 16.7. The minimum absolute atomic E-state index is 0.00566. The molecule has 0 amide bonds. The van der Waals surface area contributed by atoms with Crippen molar-refractivity contribution in [2.45, 2.75) is 32.4 Å². The van der Waals surface area contributed by atoms with E-state index >= 15 is 0 Å². The quantitative estimate of drug-likeness (QED) is 0.823. The highest BCUT2D eigenvalue weighted by Crippen LogP contribution is 2.28. The van der Waals surface area contributed by atoms with Gasteiger partial charge in [0.15, 0.2) is 0 Å². The van der Waals surface area contributed by atoms with Crippen molar-refractivity contribution in [3.63, 3.8) is 0 Å². The molecule has 0 aliphatic rings. The number of halogens is 3. The van der Waals surface area contributed by atoms with E-state index in [1.165, 1.54) is 12.1 Å². The molecule has 0 aromatic heterocycles. The van der Waals surface area contributed by atoms with E-state index in [4.69, 9.17) is 23.2 Å². The van der Waals surface area contributed by atoms with Crippen LogP contribution in [0.15, 0.2) is 12.1 Å². The normalized spacial score (nSPS) is 13.9. The zero-order valence-corrected chi connectivity index (χ0v) is 13.5. The number of rotatable bonds is 5. The Labute approximate surface area is 124 Å². The lowest BCUT2D eigenvalue weighted by molar-refractivity contribution is 0.185. The standard InChI is InChI=1S/C14H21Cl2FN2/c1-9(18-8-14(2,3)19(4)5)10-6-13(17)12(16)7-11(10)15/h6-7,9,18H,8H2,1-5H3. The van der Waals surface area contributed by atoms with Crippen molar-refractivity contribution in [1.82, 2.24) is 10.2 Å². The second-order valence-corrected chi connectivity index (χ2v) is 6.41. The number of nitrogens with one attached hydrogen (secondary N) is 1. The molecule has 108 valence electrons. The van der Waals surface area contributed by atoms with E-state index in [1.807, 2.05) is 21.0 Å². The Kier molecular flexibility index (Phi) is 5.63. The minimum atomic E-state index is -0.443. The molecule has 0 aliphatic carbocycles. The summed E-state index contributed by atoms with van der Waals surface area (Å²) in [7, 11) is 4.06. The summed E-state index contributed by atoms with van der Waals surface area (Å²) in [5.41, 5.74) is 0.726. The second-order valence-electron chi connectivity index (χ2n) is 5.60. The highest BCUT2D eigenvalue weighted by molar-refractivity contribution is 6.35. The monoisotopic (exact) mass is 306 g/mol. The van der Waals surface area contributed by atoms with Crippen molar-refractivity contribution < 1.29 is 4.39 Å². The lowest BCUT2D eigenvalue weighted by Crippen LogP contribution is -2.47. The molecule has 5 heteroatoms. The first-order valence-electron chi connectivity index (χ1n) is 6.20. The highest BCUT2D eigenvalue weighted by Gasteiger charge is 2.22. The SMILES string of the molecule is CC(NCC(C)(C)N(C)C)c1cc(F)c(Cl)cc1Cl. The van der Waals surface area contributed by atoms with Gasteiger partial charge in [0.1, 0.15) is 5.82 Å². The smallest absolute Gasteiger partial charge is 0.142 e. The number of hydrogen-bond acceptors (Lipinski definition) is 2. The maximum Gasteiger partial charge on any atom is 0.142 e. The van der Waals surface area contributed by atoms with Gasteiger partial charge in [-0.2, -0.15) is 0 Å². The van der Waals surface area contributed by atoms with Crippen molar-refractivity contribution in [1.29, 1.82) is 0 Å². The molecule has 1 aromatic rings. The first-order chi connectivity index (χ1) is 8.65.